The van der Waals surface area contributed by atoms with Gasteiger partial charge in [-0.1, -0.05) is 41.6 Å². The maximum Gasteiger partial charge on any atom is 0.234 e. The summed E-state index contributed by atoms with van der Waals surface area (Å²) < 4.78 is 14.7. The van der Waals surface area contributed by atoms with Crippen LogP contribution in [0, 0.1) is 5.82 Å². The van der Waals surface area contributed by atoms with Gasteiger partial charge >= 0.3 is 0 Å². The van der Waals surface area contributed by atoms with Gasteiger partial charge in [-0.05, 0) is 40.8 Å². The molecule has 0 radical (unpaired) electrons. The molecular weight excluding hydrogens is 353 g/mol. The van der Waals surface area contributed by atoms with Gasteiger partial charge in [-0.3, -0.25) is 4.79 Å². The number of hydrogen-bond donors (Lipinski definition) is 1. The SMILES string of the molecule is O=C(CSc1nnnn1-c1ccccc1)Nc1ccc(F)c(Cl)c1. The summed E-state index contributed by atoms with van der Waals surface area (Å²) in [6.45, 7) is 0. The number of halogens is 2. The minimum Gasteiger partial charge on any atom is -0.325 e. The molecule has 24 heavy (non-hydrogen) atoms. The van der Waals surface area contributed by atoms with Gasteiger partial charge in [0.1, 0.15) is 5.82 Å². The molecule has 122 valence electrons. The summed E-state index contributed by atoms with van der Waals surface area (Å²) in [5, 5.41) is 14.5. The van der Waals surface area contributed by atoms with Crippen LogP contribution in [0.3, 0.4) is 0 Å². The Kier molecular flexibility index (Phi) is 5.07. The molecule has 0 aliphatic rings. The van der Waals surface area contributed by atoms with E-state index >= 15 is 0 Å². The van der Waals surface area contributed by atoms with Crippen LogP contribution in [0.5, 0.6) is 0 Å². The van der Waals surface area contributed by atoms with Crippen LogP contribution < -0.4 is 5.32 Å². The molecule has 0 unspecified atom stereocenters. The number of anilines is 1. The Morgan fingerprint density at radius 2 is 2.04 bits per heavy atom. The second-order valence-electron chi connectivity index (χ2n) is 4.67. The zero-order chi connectivity index (χ0) is 16.9. The number of aromatic nitrogens is 4. The zero-order valence-electron chi connectivity index (χ0n) is 12.2. The summed E-state index contributed by atoms with van der Waals surface area (Å²) in [5.41, 5.74) is 1.23. The van der Waals surface area contributed by atoms with Crippen LogP contribution >= 0.6 is 23.4 Å². The fraction of sp³-hybridized carbons (Fsp3) is 0.0667. The van der Waals surface area contributed by atoms with E-state index in [4.69, 9.17) is 11.6 Å². The Morgan fingerprint density at radius 3 is 2.79 bits per heavy atom. The van der Waals surface area contributed by atoms with Crippen molar-refractivity contribution in [3.63, 3.8) is 0 Å². The van der Waals surface area contributed by atoms with Crippen LogP contribution in [0.2, 0.25) is 5.02 Å². The summed E-state index contributed by atoms with van der Waals surface area (Å²) in [6, 6.07) is 13.4. The number of carbonyl (C=O) groups is 1. The maximum absolute atomic E-state index is 13.1. The summed E-state index contributed by atoms with van der Waals surface area (Å²) in [5.74, 6) is -0.710. The topological polar surface area (TPSA) is 72.7 Å². The van der Waals surface area contributed by atoms with E-state index < -0.39 is 5.82 Å². The Morgan fingerprint density at radius 1 is 1.25 bits per heavy atom. The standard InChI is InChI=1S/C15H11ClFN5OS/c16-12-8-10(6-7-13(12)17)18-14(23)9-24-15-19-20-21-22(15)11-4-2-1-3-5-11/h1-8H,9H2,(H,18,23). The van der Waals surface area contributed by atoms with E-state index in [1.165, 1.54) is 30.0 Å². The van der Waals surface area contributed by atoms with Gasteiger partial charge in [0.2, 0.25) is 11.1 Å². The van der Waals surface area contributed by atoms with Crippen molar-refractivity contribution >= 4 is 35.0 Å². The van der Waals surface area contributed by atoms with Gasteiger partial charge < -0.3 is 5.32 Å². The number of thioether (sulfide) groups is 1. The second kappa shape index (κ2) is 7.41. The van der Waals surface area contributed by atoms with Crippen molar-refractivity contribution in [1.29, 1.82) is 0 Å². The van der Waals surface area contributed by atoms with Crippen LogP contribution in [0.15, 0.2) is 53.7 Å². The summed E-state index contributed by atoms with van der Waals surface area (Å²) in [6.07, 6.45) is 0. The number of para-hydroxylation sites is 1. The highest BCUT2D eigenvalue weighted by Crippen LogP contribution is 2.21. The van der Waals surface area contributed by atoms with Crippen LogP contribution in [0.1, 0.15) is 0 Å². The van der Waals surface area contributed by atoms with Gasteiger partial charge in [-0.25, -0.2) is 4.39 Å². The molecule has 3 aromatic rings. The second-order valence-corrected chi connectivity index (χ2v) is 6.02. The van der Waals surface area contributed by atoms with E-state index in [1.807, 2.05) is 30.3 Å². The molecule has 0 saturated heterocycles. The number of hydrogen-bond acceptors (Lipinski definition) is 5. The van der Waals surface area contributed by atoms with Crippen molar-refractivity contribution in [1.82, 2.24) is 20.2 Å². The highest BCUT2D eigenvalue weighted by molar-refractivity contribution is 7.99. The van der Waals surface area contributed by atoms with Crippen molar-refractivity contribution in [3.8, 4) is 5.69 Å². The molecule has 2 aromatic carbocycles. The first-order valence-electron chi connectivity index (χ1n) is 6.85. The third kappa shape index (κ3) is 3.90. The van der Waals surface area contributed by atoms with Crippen LogP contribution in [0.25, 0.3) is 5.69 Å². The first-order valence-corrected chi connectivity index (χ1v) is 8.21. The molecule has 1 N–H and O–H groups in total. The molecule has 1 aromatic heterocycles. The lowest BCUT2D eigenvalue weighted by Gasteiger charge is -2.06. The van der Waals surface area contributed by atoms with E-state index in [-0.39, 0.29) is 16.7 Å². The fourth-order valence-corrected chi connectivity index (χ4v) is 2.77. The predicted molar refractivity (Wildman–Crippen MR) is 89.9 cm³/mol. The van der Waals surface area contributed by atoms with Crippen molar-refractivity contribution in [2.24, 2.45) is 0 Å². The van der Waals surface area contributed by atoms with Gasteiger partial charge in [0.25, 0.3) is 0 Å². The Labute approximate surface area is 146 Å². The molecule has 0 aliphatic heterocycles. The monoisotopic (exact) mass is 363 g/mol. The van der Waals surface area contributed by atoms with Crippen LogP contribution in [-0.4, -0.2) is 31.9 Å². The molecule has 1 amide bonds. The summed E-state index contributed by atoms with van der Waals surface area (Å²) in [7, 11) is 0. The maximum atomic E-state index is 13.1. The van der Waals surface area contributed by atoms with E-state index in [0.29, 0.717) is 10.8 Å². The quantitative estimate of drug-likeness (QED) is 0.705. The molecule has 3 rings (SSSR count). The molecule has 0 bridgehead atoms. The first kappa shape index (κ1) is 16.4. The Bertz CT molecular complexity index is 858. The van der Waals surface area contributed by atoms with Crippen LogP contribution in [-0.2, 0) is 4.79 Å². The summed E-state index contributed by atoms with van der Waals surface area (Å²) in [4.78, 5) is 12.0. The minimum absolute atomic E-state index is 0.0477. The molecule has 1 heterocycles. The molecule has 6 nitrogen and oxygen atoms in total. The van der Waals surface area contributed by atoms with Gasteiger partial charge in [0, 0.05) is 5.69 Å². The fourth-order valence-electron chi connectivity index (χ4n) is 1.90. The van der Waals surface area contributed by atoms with Crippen molar-refractivity contribution < 1.29 is 9.18 Å². The average Bonchev–Trinajstić information content (AvgIpc) is 3.06. The third-order valence-electron chi connectivity index (χ3n) is 2.98. The number of benzene rings is 2. The number of amides is 1. The van der Waals surface area contributed by atoms with Gasteiger partial charge in [0.15, 0.2) is 0 Å². The predicted octanol–water partition coefficient (Wildman–Crippen LogP) is 3.19. The van der Waals surface area contributed by atoms with E-state index in [1.54, 1.807) is 4.68 Å². The lowest BCUT2D eigenvalue weighted by molar-refractivity contribution is -0.113. The van der Waals surface area contributed by atoms with E-state index in [9.17, 15) is 9.18 Å². The summed E-state index contributed by atoms with van der Waals surface area (Å²) >= 11 is 6.87. The molecular formula is C15H11ClFN5OS. The lowest BCUT2D eigenvalue weighted by atomic mass is 10.3. The zero-order valence-corrected chi connectivity index (χ0v) is 13.8. The van der Waals surface area contributed by atoms with Crippen LogP contribution in [0.4, 0.5) is 10.1 Å². The van der Waals surface area contributed by atoms with Gasteiger partial charge in [0.05, 0.1) is 16.5 Å². The van der Waals surface area contributed by atoms with Crippen molar-refractivity contribution in [3.05, 3.63) is 59.4 Å². The number of nitrogens with zero attached hydrogens (tertiary/aromatic N) is 4. The molecule has 0 atom stereocenters. The lowest BCUT2D eigenvalue weighted by Crippen LogP contribution is -2.14. The van der Waals surface area contributed by atoms with E-state index in [0.717, 1.165) is 5.69 Å². The van der Waals surface area contributed by atoms with Gasteiger partial charge in [-0.2, -0.15) is 4.68 Å². The minimum atomic E-state index is -0.536. The first-order chi connectivity index (χ1) is 11.6. The molecule has 0 fully saturated rings. The Balaban J connectivity index is 1.63. The Hall–Kier alpha value is -2.45. The molecule has 0 spiro atoms. The number of rotatable bonds is 5. The molecule has 0 aliphatic carbocycles. The van der Waals surface area contributed by atoms with Crippen molar-refractivity contribution in [2.45, 2.75) is 5.16 Å². The molecule has 0 saturated carbocycles. The largest absolute Gasteiger partial charge is 0.325 e. The average molecular weight is 364 g/mol. The highest BCUT2D eigenvalue weighted by Gasteiger charge is 2.12. The normalized spacial score (nSPS) is 10.6. The van der Waals surface area contributed by atoms with Crippen molar-refractivity contribution in [2.75, 3.05) is 11.1 Å². The number of carbonyl (C=O) groups excluding carboxylic acids is 1. The van der Waals surface area contributed by atoms with E-state index in [2.05, 4.69) is 20.8 Å². The van der Waals surface area contributed by atoms with Gasteiger partial charge in [-0.15, -0.1) is 5.10 Å². The number of tetrazole rings is 1. The molecule has 9 heteroatoms. The number of nitrogens with one attached hydrogen (secondary N) is 1. The third-order valence-corrected chi connectivity index (χ3v) is 4.19. The smallest absolute Gasteiger partial charge is 0.234 e. The highest BCUT2D eigenvalue weighted by atomic mass is 35.5.